The largest absolute Gasteiger partial charge is 0.392 e. The fraction of sp³-hybridized carbons (Fsp3) is 0.500. The van der Waals surface area contributed by atoms with E-state index in [2.05, 4.69) is 11.8 Å². The molecular weight excluding hydrogens is 225 g/mol. The zero-order valence-corrected chi connectivity index (χ0v) is 10.1. The first-order valence-electron chi connectivity index (χ1n) is 5.46. The predicted octanol–water partition coefficient (Wildman–Crippen LogP) is 2.26. The van der Waals surface area contributed by atoms with Gasteiger partial charge in [-0.25, -0.2) is 4.39 Å². The molecule has 1 atom stereocenters. The topological polar surface area (TPSA) is 23.5 Å². The fourth-order valence-corrected chi connectivity index (χ4v) is 3.08. The van der Waals surface area contributed by atoms with Gasteiger partial charge in [0.05, 0.1) is 12.3 Å². The van der Waals surface area contributed by atoms with Crippen LogP contribution in [0.4, 0.5) is 10.1 Å². The number of anilines is 1. The molecule has 0 aromatic heterocycles. The average Bonchev–Trinajstić information content (AvgIpc) is 2.30. The summed E-state index contributed by atoms with van der Waals surface area (Å²) in [5.41, 5.74) is 1.26. The summed E-state index contributed by atoms with van der Waals surface area (Å²) >= 11 is 1.89. The molecule has 1 unspecified atom stereocenters. The summed E-state index contributed by atoms with van der Waals surface area (Å²) in [7, 11) is 0. The van der Waals surface area contributed by atoms with E-state index in [0.29, 0.717) is 17.3 Å². The molecule has 2 rings (SSSR count). The number of aliphatic hydroxyl groups is 1. The molecule has 4 heteroatoms. The Labute approximate surface area is 99.5 Å². The van der Waals surface area contributed by atoms with Gasteiger partial charge in [0.2, 0.25) is 0 Å². The quantitative estimate of drug-likeness (QED) is 0.859. The molecule has 1 aliphatic rings. The first-order valence-corrected chi connectivity index (χ1v) is 6.62. The summed E-state index contributed by atoms with van der Waals surface area (Å²) in [6, 6.07) is 5.21. The summed E-state index contributed by atoms with van der Waals surface area (Å²) in [5.74, 6) is 1.80. The van der Waals surface area contributed by atoms with Crippen molar-refractivity contribution in [3.8, 4) is 0 Å². The molecule has 1 N–H and O–H groups in total. The third kappa shape index (κ3) is 2.18. The molecule has 2 nitrogen and oxygen atoms in total. The molecule has 0 radical (unpaired) electrons. The van der Waals surface area contributed by atoms with Gasteiger partial charge >= 0.3 is 0 Å². The number of hydrogen-bond donors (Lipinski definition) is 1. The molecule has 1 aromatic carbocycles. The summed E-state index contributed by atoms with van der Waals surface area (Å²) in [6.07, 6.45) is 0. The van der Waals surface area contributed by atoms with Crippen LogP contribution >= 0.6 is 11.8 Å². The first kappa shape index (κ1) is 11.7. The first-order chi connectivity index (χ1) is 7.74. The van der Waals surface area contributed by atoms with Crippen LogP contribution in [0.5, 0.6) is 0 Å². The van der Waals surface area contributed by atoms with Gasteiger partial charge in [0.1, 0.15) is 5.82 Å². The van der Waals surface area contributed by atoms with Crippen molar-refractivity contribution < 1.29 is 9.50 Å². The number of rotatable bonds is 2. The van der Waals surface area contributed by atoms with Gasteiger partial charge in [-0.2, -0.15) is 11.8 Å². The van der Waals surface area contributed by atoms with Crippen LogP contribution in [0, 0.1) is 5.82 Å². The molecule has 1 aliphatic heterocycles. The Balaban J connectivity index is 2.37. The summed E-state index contributed by atoms with van der Waals surface area (Å²) in [5, 5.41) is 9.26. The predicted molar refractivity (Wildman–Crippen MR) is 66.5 cm³/mol. The molecule has 1 saturated heterocycles. The Morgan fingerprint density at radius 3 is 3.06 bits per heavy atom. The highest BCUT2D eigenvalue weighted by Crippen LogP contribution is 2.29. The van der Waals surface area contributed by atoms with Gasteiger partial charge in [0, 0.05) is 29.7 Å². The fourth-order valence-electron chi connectivity index (χ4n) is 2.07. The second-order valence-electron chi connectivity index (χ2n) is 4.02. The molecule has 1 heterocycles. The molecule has 0 spiro atoms. The van der Waals surface area contributed by atoms with E-state index in [1.54, 1.807) is 12.1 Å². The van der Waals surface area contributed by atoms with Crippen molar-refractivity contribution in [2.24, 2.45) is 0 Å². The number of halogens is 1. The molecule has 0 saturated carbocycles. The van der Waals surface area contributed by atoms with E-state index < -0.39 is 0 Å². The lowest BCUT2D eigenvalue weighted by atomic mass is 10.1. The van der Waals surface area contributed by atoms with Crippen molar-refractivity contribution in [1.29, 1.82) is 0 Å². The van der Waals surface area contributed by atoms with E-state index in [1.807, 2.05) is 11.8 Å². The number of para-hydroxylation sites is 1. The maximum atomic E-state index is 13.8. The molecule has 0 aliphatic carbocycles. The third-order valence-corrected chi connectivity index (χ3v) is 4.08. The van der Waals surface area contributed by atoms with Crippen LogP contribution in [0.3, 0.4) is 0 Å². The number of hydrogen-bond acceptors (Lipinski definition) is 3. The van der Waals surface area contributed by atoms with Gasteiger partial charge in [-0.05, 0) is 13.0 Å². The smallest absolute Gasteiger partial charge is 0.146 e. The minimum atomic E-state index is -0.231. The van der Waals surface area contributed by atoms with Crippen molar-refractivity contribution in [3.63, 3.8) is 0 Å². The molecule has 0 bridgehead atoms. The summed E-state index contributed by atoms with van der Waals surface area (Å²) in [6.45, 7) is 2.84. The zero-order valence-electron chi connectivity index (χ0n) is 9.32. The maximum absolute atomic E-state index is 13.8. The lowest BCUT2D eigenvalue weighted by molar-refractivity contribution is 0.281. The highest BCUT2D eigenvalue weighted by molar-refractivity contribution is 7.99. The minimum Gasteiger partial charge on any atom is -0.392 e. The van der Waals surface area contributed by atoms with Crippen LogP contribution in [-0.4, -0.2) is 29.2 Å². The van der Waals surface area contributed by atoms with Crippen molar-refractivity contribution in [2.45, 2.75) is 19.6 Å². The second-order valence-corrected chi connectivity index (χ2v) is 5.17. The van der Waals surface area contributed by atoms with Crippen LogP contribution in [0.2, 0.25) is 0 Å². The van der Waals surface area contributed by atoms with E-state index in [9.17, 15) is 9.50 Å². The standard InChI is InChI=1S/C12H16FNOS/c1-9-8-16-6-5-14(9)12-10(7-15)3-2-4-11(12)13/h2-4,9,15H,5-8H2,1H3. The third-order valence-electron chi connectivity index (χ3n) is 2.90. The maximum Gasteiger partial charge on any atom is 0.146 e. The van der Waals surface area contributed by atoms with Crippen molar-refractivity contribution in [1.82, 2.24) is 0 Å². The normalized spacial score (nSPS) is 21.2. The SMILES string of the molecule is CC1CSCCN1c1c(F)cccc1CO. The van der Waals surface area contributed by atoms with E-state index in [1.165, 1.54) is 6.07 Å². The molecule has 1 aromatic rings. The van der Waals surface area contributed by atoms with Crippen molar-refractivity contribution in [3.05, 3.63) is 29.6 Å². The number of thioether (sulfide) groups is 1. The summed E-state index contributed by atoms with van der Waals surface area (Å²) in [4.78, 5) is 2.07. The van der Waals surface area contributed by atoms with E-state index in [0.717, 1.165) is 18.1 Å². The molecule has 16 heavy (non-hydrogen) atoms. The number of aliphatic hydroxyl groups excluding tert-OH is 1. The number of nitrogens with zero attached hydrogens (tertiary/aromatic N) is 1. The lowest BCUT2D eigenvalue weighted by Crippen LogP contribution is -2.41. The van der Waals surface area contributed by atoms with Gasteiger partial charge in [-0.15, -0.1) is 0 Å². The van der Waals surface area contributed by atoms with Crippen LogP contribution in [0.1, 0.15) is 12.5 Å². The van der Waals surface area contributed by atoms with Gasteiger partial charge in [0.15, 0.2) is 0 Å². The van der Waals surface area contributed by atoms with Gasteiger partial charge in [-0.1, -0.05) is 12.1 Å². The molecule has 88 valence electrons. The Bertz CT molecular complexity index is 372. The zero-order chi connectivity index (χ0) is 11.5. The highest BCUT2D eigenvalue weighted by atomic mass is 32.2. The Hall–Kier alpha value is -0.740. The Morgan fingerprint density at radius 1 is 1.56 bits per heavy atom. The monoisotopic (exact) mass is 241 g/mol. The molecule has 0 amide bonds. The van der Waals surface area contributed by atoms with Crippen LogP contribution in [-0.2, 0) is 6.61 Å². The average molecular weight is 241 g/mol. The van der Waals surface area contributed by atoms with E-state index in [4.69, 9.17) is 0 Å². The minimum absolute atomic E-state index is 0.108. The Morgan fingerprint density at radius 2 is 2.38 bits per heavy atom. The van der Waals surface area contributed by atoms with Gasteiger partial charge < -0.3 is 10.0 Å². The highest BCUT2D eigenvalue weighted by Gasteiger charge is 2.23. The van der Waals surface area contributed by atoms with Crippen molar-refractivity contribution in [2.75, 3.05) is 23.0 Å². The van der Waals surface area contributed by atoms with Crippen LogP contribution in [0.15, 0.2) is 18.2 Å². The van der Waals surface area contributed by atoms with E-state index >= 15 is 0 Å². The lowest BCUT2D eigenvalue weighted by Gasteiger charge is -2.36. The molecular formula is C12H16FNOS. The van der Waals surface area contributed by atoms with Crippen LogP contribution < -0.4 is 4.90 Å². The van der Waals surface area contributed by atoms with Gasteiger partial charge in [0.25, 0.3) is 0 Å². The van der Waals surface area contributed by atoms with Gasteiger partial charge in [-0.3, -0.25) is 0 Å². The number of benzene rings is 1. The summed E-state index contributed by atoms with van der Waals surface area (Å²) < 4.78 is 13.8. The Kier molecular flexibility index (Phi) is 3.71. The second kappa shape index (κ2) is 5.06. The van der Waals surface area contributed by atoms with Crippen molar-refractivity contribution >= 4 is 17.4 Å². The molecule has 1 fully saturated rings. The van der Waals surface area contributed by atoms with E-state index in [-0.39, 0.29) is 12.4 Å². The van der Waals surface area contributed by atoms with Crippen LogP contribution in [0.25, 0.3) is 0 Å².